The number of nitriles is 1. The summed E-state index contributed by atoms with van der Waals surface area (Å²) in [6.07, 6.45) is 0. The zero-order chi connectivity index (χ0) is 15.4. The number of benzene rings is 2. The highest BCUT2D eigenvalue weighted by Crippen LogP contribution is 2.24. The third-order valence-corrected chi connectivity index (χ3v) is 2.85. The van der Waals surface area contributed by atoms with Crippen molar-refractivity contribution in [2.75, 3.05) is 5.73 Å². The molecule has 0 saturated carbocycles. The van der Waals surface area contributed by atoms with Gasteiger partial charge in [-0.15, -0.1) is 0 Å². The normalized spacial score (nSPS) is 9.90. The molecule has 0 aliphatic rings. The van der Waals surface area contributed by atoms with E-state index in [-0.39, 0.29) is 23.4 Å². The number of halogens is 1. The van der Waals surface area contributed by atoms with Crippen LogP contribution in [0.2, 0.25) is 0 Å². The quantitative estimate of drug-likeness (QED) is 0.838. The lowest BCUT2D eigenvalue weighted by atomic mass is 10.1. The van der Waals surface area contributed by atoms with Gasteiger partial charge in [0.05, 0.1) is 17.3 Å². The summed E-state index contributed by atoms with van der Waals surface area (Å²) in [7, 11) is 0. The first-order chi connectivity index (χ1) is 10.0. The van der Waals surface area contributed by atoms with Crippen molar-refractivity contribution >= 4 is 11.6 Å². The molecule has 0 aliphatic heterocycles. The minimum Gasteiger partial charge on any atom is -0.487 e. The van der Waals surface area contributed by atoms with Gasteiger partial charge >= 0.3 is 0 Å². The number of hydrogen-bond donors (Lipinski definition) is 2. The van der Waals surface area contributed by atoms with Crippen LogP contribution in [0.1, 0.15) is 21.5 Å². The molecule has 0 spiro atoms. The summed E-state index contributed by atoms with van der Waals surface area (Å²) in [6, 6.07) is 10.3. The molecule has 0 aromatic heterocycles. The summed E-state index contributed by atoms with van der Waals surface area (Å²) in [5, 5.41) is 8.74. The maximum Gasteiger partial charge on any atom is 0.248 e. The van der Waals surface area contributed by atoms with E-state index in [0.29, 0.717) is 11.3 Å². The average molecular weight is 285 g/mol. The molecule has 0 atom stereocenters. The molecule has 5 nitrogen and oxygen atoms in total. The lowest BCUT2D eigenvalue weighted by Crippen LogP contribution is -2.12. The molecule has 0 unspecified atom stereocenters. The summed E-state index contributed by atoms with van der Waals surface area (Å²) in [4.78, 5) is 11.1. The third kappa shape index (κ3) is 3.28. The van der Waals surface area contributed by atoms with Crippen molar-refractivity contribution in [1.29, 1.82) is 5.26 Å². The molecule has 0 radical (unpaired) electrons. The van der Waals surface area contributed by atoms with E-state index in [4.69, 9.17) is 21.5 Å². The van der Waals surface area contributed by atoms with Crippen molar-refractivity contribution in [3.8, 4) is 11.8 Å². The van der Waals surface area contributed by atoms with Crippen molar-refractivity contribution in [2.45, 2.75) is 6.61 Å². The van der Waals surface area contributed by atoms with Gasteiger partial charge in [0.2, 0.25) is 5.91 Å². The molecule has 6 heteroatoms. The zero-order valence-electron chi connectivity index (χ0n) is 11.0. The van der Waals surface area contributed by atoms with Gasteiger partial charge in [-0.05, 0) is 36.4 Å². The van der Waals surface area contributed by atoms with Crippen LogP contribution in [0.15, 0.2) is 36.4 Å². The van der Waals surface area contributed by atoms with E-state index >= 15 is 0 Å². The van der Waals surface area contributed by atoms with Crippen molar-refractivity contribution in [3.63, 3.8) is 0 Å². The first-order valence-electron chi connectivity index (χ1n) is 6.02. The number of nitrogens with zero attached hydrogens (tertiary/aromatic N) is 1. The molecule has 1 amide bonds. The number of primary amides is 1. The van der Waals surface area contributed by atoms with Crippen LogP contribution in [-0.4, -0.2) is 5.91 Å². The molecular weight excluding hydrogens is 273 g/mol. The fourth-order valence-corrected chi connectivity index (χ4v) is 1.74. The minimum atomic E-state index is -0.644. The largest absolute Gasteiger partial charge is 0.487 e. The number of carbonyl (C=O) groups excluding carboxylic acids is 1. The molecule has 0 saturated heterocycles. The molecule has 21 heavy (non-hydrogen) atoms. The molecular formula is C15H12FN3O2. The average Bonchev–Trinajstić information content (AvgIpc) is 2.47. The Morgan fingerprint density at radius 3 is 2.67 bits per heavy atom. The molecule has 0 heterocycles. The van der Waals surface area contributed by atoms with Crippen molar-refractivity contribution in [3.05, 3.63) is 58.9 Å². The minimum absolute atomic E-state index is 0.108. The lowest BCUT2D eigenvalue weighted by Gasteiger charge is -2.10. The van der Waals surface area contributed by atoms with Gasteiger partial charge in [-0.2, -0.15) is 5.26 Å². The first kappa shape index (κ1) is 14.3. The standard InChI is InChI=1S/C15H12FN3O2/c16-12-3-2-10(15(19)20)6-11(12)8-21-14-4-1-9(7-17)5-13(14)18/h1-6H,8,18H2,(H2,19,20). The molecule has 106 valence electrons. The van der Waals surface area contributed by atoms with Crippen molar-refractivity contribution in [2.24, 2.45) is 5.73 Å². The number of anilines is 1. The number of nitrogen functional groups attached to an aromatic ring is 1. The second kappa shape index (κ2) is 5.92. The summed E-state index contributed by atoms with van der Waals surface area (Å²) in [6.45, 7) is -0.108. The molecule has 2 aromatic rings. The number of carbonyl (C=O) groups is 1. The Morgan fingerprint density at radius 1 is 1.29 bits per heavy atom. The summed E-state index contributed by atoms with van der Waals surface area (Å²) >= 11 is 0. The van der Waals surface area contributed by atoms with Gasteiger partial charge in [-0.3, -0.25) is 4.79 Å². The maximum absolute atomic E-state index is 13.6. The fraction of sp³-hybridized carbons (Fsp3) is 0.0667. The van der Waals surface area contributed by atoms with Crippen LogP contribution in [0.5, 0.6) is 5.75 Å². The van der Waals surface area contributed by atoms with Crippen LogP contribution in [-0.2, 0) is 6.61 Å². The summed E-state index contributed by atoms with van der Waals surface area (Å²) < 4.78 is 19.1. The van der Waals surface area contributed by atoms with E-state index in [1.807, 2.05) is 6.07 Å². The number of nitrogens with two attached hydrogens (primary N) is 2. The highest BCUT2D eigenvalue weighted by atomic mass is 19.1. The molecule has 0 bridgehead atoms. The highest BCUT2D eigenvalue weighted by Gasteiger charge is 2.09. The first-order valence-corrected chi connectivity index (χ1v) is 6.02. The Labute approximate surface area is 120 Å². The van der Waals surface area contributed by atoms with Crippen LogP contribution in [0.25, 0.3) is 0 Å². The van der Waals surface area contributed by atoms with Gasteiger partial charge in [0.25, 0.3) is 0 Å². The Hall–Kier alpha value is -3.07. The zero-order valence-corrected chi connectivity index (χ0v) is 11.0. The lowest BCUT2D eigenvalue weighted by molar-refractivity contribution is 0.1000. The van der Waals surface area contributed by atoms with Crippen LogP contribution in [0.4, 0.5) is 10.1 Å². The van der Waals surface area contributed by atoms with E-state index in [9.17, 15) is 9.18 Å². The predicted molar refractivity (Wildman–Crippen MR) is 74.8 cm³/mol. The van der Waals surface area contributed by atoms with Crippen LogP contribution in [0, 0.1) is 17.1 Å². The van der Waals surface area contributed by atoms with Gasteiger partial charge in [0.15, 0.2) is 0 Å². The van der Waals surface area contributed by atoms with E-state index in [0.717, 1.165) is 6.07 Å². The fourth-order valence-electron chi connectivity index (χ4n) is 1.74. The van der Waals surface area contributed by atoms with E-state index in [1.54, 1.807) is 6.07 Å². The number of ether oxygens (including phenoxy) is 1. The highest BCUT2D eigenvalue weighted by molar-refractivity contribution is 5.92. The Bertz CT molecular complexity index is 738. The number of amides is 1. The molecule has 0 aliphatic carbocycles. The van der Waals surface area contributed by atoms with E-state index < -0.39 is 11.7 Å². The number of hydrogen-bond acceptors (Lipinski definition) is 4. The molecule has 2 aromatic carbocycles. The summed E-state index contributed by atoms with van der Waals surface area (Å²) in [5.41, 5.74) is 11.9. The van der Waals surface area contributed by atoms with Gasteiger partial charge in [0.1, 0.15) is 18.2 Å². The SMILES string of the molecule is N#Cc1ccc(OCc2cc(C(N)=O)ccc2F)c(N)c1. The second-order valence-electron chi connectivity index (χ2n) is 4.32. The van der Waals surface area contributed by atoms with Gasteiger partial charge < -0.3 is 16.2 Å². The van der Waals surface area contributed by atoms with Crippen LogP contribution >= 0.6 is 0 Å². The van der Waals surface area contributed by atoms with Gasteiger partial charge in [-0.25, -0.2) is 4.39 Å². The molecule has 0 fully saturated rings. The Balaban J connectivity index is 2.18. The smallest absolute Gasteiger partial charge is 0.248 e. The van der Waals surface area contributed by atoms with Crippen LogP contribution < -0.4 is 16.2 Å². The molecule has 4 N–H and O–H groups in total. The van der Waals surface area contributed by atoms with E-state index in [2.05, 4.69) is 0 Å². The van der Waals surface area contributed by atoms with Crippen molar-refractivity contribution in [1.82, 2.24) is 0 Å². The van der Waals surface area contributed by atoms with Crippen molar-refractivity contribution < 1.29 is 13.9 Å². The second-order valence-corrected chi connectivity index (χ2v) is 4.32. The van der Waals surface area contributed by atoms with Gasteiger partial charge in [-0.1, -0.05) is 0 Å². The maximum atomic E-state index is 13.6. The monoisotopic (exact) mass is 285 g/mol. The Morgan fingerprint density at radius 2 is 2.05 bits per heavy atom. The Kier molecular flexibility index (Phi) is 4.05. The van der Waals surface area contributed by atoms with Crippen LogP contribution in [0.3, 0.4) is 0 Å². The number of rotatable bonds is 4. The predicted octanol–water partition coefficient (Wildman–Crippen LogP) is 1.96. The van der Waals surface area contributed by atoms with Gasteiger partial charge in [0, 0.05) is 11.1 Å². The molecule has 2 rings (SSSR count). The summed E-state index contributed by atoms with van der Waals surface area (Å²) in [5.74, 6) is -0.820. The third-order valence-electron chi connectivity index (χ3n) is 2.85. The topological polar surface area (TPSA) is 102 Å². The van der Waals surface area contributed by atoms with E-state index in [1.165, 1.54) is 24.3 Å².